The number of rotatable bonds is 4. The van der Waals surface area contributed by atoms with E-state index < -0.39 is 6.04 Å². The van der Waals surface area contributed by atoms with Crippen LogP contribution in [0.25, 0.3) is 0 Å². The first-order valence-electron chi connectivity index (χ1n) is 10.2. The molecule has 2 aromatic rings. The van der Waals surface area contributed by atoms with Crippen molar-refractivity contribution in [2.45, 2.75) is 43.9 Å². The lowest BCUT2D eigenvalue weighted by molar-refractivity contribution is -0.124. The fourth-order valence-corrected chi connectivity index (χ4v) is 5.43. The molecule has 3 heterocycles. The molecule has 1 spiro atoms. The third-order valence-corrected chi connectivity index (χ3v) is 7.57. The lowest BCUT2D eigenvalue weighted by Crippen LogP contribution is -2.53. The van der Waals surface area contributed by atoms with E-state index in [0.717, 1.165) is 47.5 Å². The van der Waals surface area contributed by atoms with Crippen LogP contribution in [0.15, 0.2) is 40.2 Å². The van der Waals surface area contributed by atoms with E-state index in [-0.39, 0.29) is 23.5 Å². The molecule has 1 aromatic heterocycles. The predicted molar refractivity (Wildman–Crippen MR) is 121 cm³/mol. The maximum absolute atomic E-state index is 12.9. The van der Waals surface area contributed by atoms with Crippen molar-refractivity contribution in [3.8, 4) is 5.75 Å². The van der Waals surface area contributed by atoms with Gasteiger partial charge in [-0.1, -0.05) is 18.2 Å². The van der Waals surface area contributed by atoms with Crippen molar-refractivity contribution in [3.63, 3.8) is 0 Å². The standard InChI is InChI=1S/C22H26BrN3O3S/c1-14(24-21(28)18-7-8-19(23)30-18)20(27)25-16-13-22(9-11-26(2)12-10-22)29-17-6-4-3-5-15(16)17/h3-8,14,16H,9-13H2,1-2H3,(H,24,28)(H,25,27). The van der Waals surface area contributed by atoms with E-state index in [1.807, 2.05) is 30.3 Å². The lowest BCUT2D eigenvalue weighted by Gasteiger charge is -2.46. The van der Waals surface area contributed by atoms with Crippen LogP contribution in [0.3, 0.4) is 0 Å². The van der Waals surface area contributed by atoms with Gasteiger partial charge in [0.2, 0.25) is 5.91 Å². The summed E-state index contributed by atoms with van der Waals surface area (Å²) < 4.78 is 7.34. The van der Waals surface area contributed by atoms with E-state index in [1.165, 1.54) is 11.3 Å². The molecule has 1 aromatic carbocycles. The number of nitrogens with one attached hydrogen (secondary N) is 2. The number of benzene rings is 1. The number of carbonyl (C=O) groups excluding carboxylic acids is 2. The van der Waals surface area contributed by atoms with Crippen molar-refractivity contribution in [2.24, 2.45) is 0 Å². The van der Waals surface area contributed by atoms with Gasteiger partial charge in [0.1, 0.15) is 17.4 Å². The molecule has 8 heteroatoms. The molecule has 6 nitrogen and oxygen atoms in total. The van der Waals surface area contributed by atoms with Crippen molar-refractivity contribution in [2.75, 3.05) is 20.1 Å². The van der Waals surface area contributed by atoms with Gasteiger partial charge in [-0.25, -0.2) is 0 Å². The molecule has 2 amide bonds. The zero-order valence-electron chi connectivity index (χ0n) is 17.1. The molecule has 1 saturated heterocycles. The largest absolute Gasteiger partial charge is 0.487 e. The number of thiophene rings is 1. The Morgan fingerprint density at radius 3 is 2.67 bits per heavy atom. The quantitative estimate of drug-likeness (QED) is 0.683. The number of nitrogens with zero attached hydrogens (tertiary/aromatic N) is 1. The summed E-state index contributed by atoms with van der Waals surface area (Å²) in [5.74, 6) is 0.412. The third kappa shape index (κ3) is 4.55. The smallest absolute Gasteiger partial charge is 0.262 e. The van der Waals surface area contributed by atoms with Crippen LogP contribution in [-0.4, -0.2) is 48.5 Å². The third-order valence-electron chi connectivity index (χ3n) is 5.95. The van der Waals surface area contributed by atoms with Crippen molar-refractivity contribution >= 4 is 39.1 Å². The summed E-state index contributed by atoms with van der Waals surface area (Å²) in [7, 11) is 2.12. The number of halogens is 1. The molecule has 1 fully saturated rings. The second kappa shape index (κ2) is 8.69. The molecule has 2 aliphatic rings. The SMILES string of the molecule is CC(NC(=O)c1ccc(Br)s1)C(=O)NC1CC2(CCN(C)CC2)Oc2ccccc21. The second-order valence-electron chi connectivity index (χ2n) is 8.19. The van der Waals surface area contributed by atoms with Gasteiger partial charge in [-0.2, -0.15) is 0 Å². The number of carbonyl (C=O) groups is 2. The molecular weight excluding hydrogens is 466 g/mol. The first kappa shape index (κ1) is 21.3. The summed E-state index contributed by atoms with van der Waals surface area (Å²) >= 11 is 4.70. The van der Waals surface area contributed by atoms with Gasteiger partial charge in [0.05, 0.1) is 14.7 Å². The highest BCUT2D eigenvalue weighted by Crippen LogP contribution is 2.44. The van der Waals surface area contributed by atoms with Gasteiger partial charge in [0, 0.05) is 25.1 Å². The zero-order chi connectivity index (χ0) is 21.3. The van der Waals surface area contributed by atoms with Crippen LogP contribution in [0.1, 0.15) is 47.5 Å². The highest BCUT2D eigenvalue weighted by atomic mass is 79.9. The van der Waals surface area contributed by atoms with E-state index in [4.69, 9.17) is 4.74 Å². The number of piperidine rings is 1. The Kier molecular flexibility index (Phi) is 6.18. The first-order chi connectivity index (χ1) is 14.3. The van der Waals surface area contributed by atoms with Crippen LogP contribution in [0, 0.1) is 0 Å². The van der Waals surface area contributed by atoms with Gasteiger partial charge in [0.25, 0.3) is 5.91 Å². The average molecular weight is 492 g/mol. The molecule has 0 saturated carbocycles. The number of para-hydroxylation sites is 1. The molecule has 4 rings (SSSR count). The van der Waals surface area contributed by atoms with Crippen LogP contribution < -0.4 is 15.4 Å². The van der Waals surface area contributed by atoms with Crippen molar-refractivity contribution in [1.82, 2.24) is 15.5 Å². The number of amides is 2. The van der Waals surface area contributed by atoms with Gasteiger partial charge < -0.3 is 20.3 Å². The van der Waals surface area contributed by atoms with Gasteiger partial charge in [-0.05, 0) is 60.9 Å². The summed E-state index contributed by atoms with van der Waals surface area (Å²) in [6.45, 7) is 3.67. The van der Waals surface area contributed by atoms with Crippen molar-refractivity contribution < 1.29 is 14.3 Å². The van der Waals surface area contributed by atoms with E-state index in [2.05, 4.69) is 38.5 Å². The highest BCUT2D eigenvalue weighted by Gasteiger charge is 2.43. The maximum Gasteiger partial charge on any atom is 0.262 e. The van der Waals surface area contributed by atoms with E-state index in [0.29, 0.717) is 4.88 Å². The van der Waals surface area contributed by atoms with Gasteiger partial charge in [-0.15, -0.1) is 11.3 Å². The maximum atomic E-state index is 12.9. The number of ether oxygens (including phenoxy) is 1. The Balaban J connectivity index is 1.46. The summed E-state index contributed by atoms with van der Waals surface area (Å²) in [4.78, 5) is 28.2. The monoisotopic (exact) mass is 491 g/mol. The molecule has 0 radical (unpaired) electrons. The second-order valence-corrected chi connectivity index (χ2v) is 10.7. The van der Waals surface area contributed by atoms with Crippen LogP contribution in [0.5, 0.6) is 5.75 Å². The normalized spacial score (nSPS) is 21.4. The lowest BCUT2D eigenvalue weighted by atomic mass is 9.80. The summed E-state index contributed by atoms with van der Waals surface area (Å²) in [5.41, 5.74) is 0.741. The average Bonchev–Trinajstić information content (AvgIpc) is 3.17. The highest BCUT2D eigenvalue weighted by molar-refractivity contribution is 9.11. The van der Waals surface area contributed by atoms with Crippen molar-refractivity contribution in [3.05, 3.63) is 50.6 Å². The predicted octanol–water partition coefficient (Wildman–Crippen LogP) is 3.73. The number of fused-ring (bicyclic) bond motifs is 1. The number of hydrogen-bond acceptors (Lipinski definition) is 5. The Labute approximate surface area is 189 Å². The molecule has 160 valence electrons. The van der Waals surface area contributed by atoms with Crippen LogP contribution in [0.2, 0.25) is 0 Å². The van der Waals surface area contributed by atoms with Gasteiger partial charge >= 0.3 is 0 Å². The minimum Gasteiger partial charge on any atom is -0.487 e. The Morgan fingerprint density at radius 1 is 1.23 bits per heavy atom. The van der Waals surface area contributed by atoms with Crippen molar-refractivity contribution in [1.29, 1.82) is 0 Å². The van der Waals surface area contributed by atoms with Gasteiger partial charge in [0.15, 0.2) is 0 Å². The summed E-state index contributed by atoms with van der Waals surface area (Å²) in [6.07, 6.45) is 2.61. The minimum absolute atomic E-state index is 0.138. The molecular formula is C22H26BrN3O3S. The zero-order valence-corrected chi connectivity index (χ0v) is 19.5. The summed E-state index contributed by atoms with van der Waals surface area (Å²) in [5, 5.41) is 5.97. The fraction of sp³-hybridized carbons (Fsp3) is 0.455. The van der Waals surface area contributed by atoms with Crippen LogP contribution in [-0.2, 0) is 4.79 Å². The first-order valence-corrected chi connectivity index (χ1v) is 11.8. The molecule has 2 unspecified atom stereocenters. The molecule has 2 aliphatic heterocycles. The molecule has 0 aliphatic carbocycles. The Morgan fingerprint density at radius 2 is 1.97 bits per heavy atom. The van der Waals surface area contributed by atoms with Gasteiger partial charge in [-0.3, -0.25) is 9.59 Å². The van der Waals surface area contributed by atoms with Crippen LogP contribution >= 0.6 is 27.3 Å². The Bertz CT molecular complexity index is 939. The van der Waals surface area contributed by atoms with Crippen LogP contribution in [0.4, 0.5) is 0 Å². The molecule has 30 heavy (non-hydrogen) atoms. The molecule has 2 N–H and O–H groups in total. The fourth-order valence-electron chi connectivity index (χ4n) is 4.15. The number of likely N-dealkylation sites (tertiary alicyclic amines) is 1. The minimum atomic E-state index is -0.637. The summed E-state index contributed by atoms with van der Waals surface area (Å²) in [6, 6.07) is 10.7. The Hall–Kier alpha value is -1.90. The molecule has 2 atom stereocenters. The number of hydrogen-bond donors (Lipinski definition) is 2. The molecule has 0 bridgehead atoms. The van der Waals surface area contributed by atoms with E-state index >= 15 is 0 Å². The topological polar surface area (TPSA) is 70.7 Å². The van der Waals surface area contributed by atoms with E-state index in [9.17, 15) is 9.59 Å². The van der Waals surface area contributed by atoms with E-state index in [1.54, 1.807) is 13.0 Å².